The molecular formula is C9H14Cl2N2OS. The van der Waals surface area contributed by atoms with E-state index in [1.807, 2.05) is 19.1 Å². The van der Waals surface area contributed by atoms with Crippen molar-refractivity contribution in [2.75, 3.05) is 6.54 Å². The van der Waals surface area contributed by atoms with Crippen molar-refractivity contribution in [1.82, 2.24) is 5.32 Å². The Kier molecular flexibility index (Phi) is 6.92. The Morgan fingerprint density at radius 3 is 2.80 bits per heavy atom. The number of carbonyl (C=O) groups excluding carboxylic acids is 1. The topological polar surface area (TPSA) is 55.1 Å². The summed E-state index contributed by atoms with van der Waals surface area (Å²) < 4.78 is 0.736. The second kappa shape index (κ2) is 7.06. The van der Waals surface area contributed by atoms with Gasteiger partial charge in [0.1, 0.15) is 0 Å². The standard InChI is InChI=1S/C9H13ClN2OS.ClH/c1-6(12-9(13)4-5-11)7-2-3-8(10)14-7;/h2-3,6H,4-5,11H2,1H3,(H,12,13);1H. The van der Waals surface area contributed by atoms with E-state index in [2.05, 4.69) is 5.32 Å². The highest BCUT2D eigenvalue weighted by Gasteiger charge is 2.10. The van der Waals surface area contributed by atoms with Gasteiger partial charge in [0.15, 0.2) is 0 Å². The van der Waals surface area contributed by atoms with Crippen molar-refractivity contribution >= 4 is 41.3 Å². The molecule has 0 saturated carbocycles. The summed E-state index contributed by atoms with van der Waals surface area (Å²) in [4.78, 5) is 12.3. The van der Waals surface area contributed by atoms with E-state index in [1.54, 1.807) is 0 Å². The van der Waals surface area contributed by atoms with Crippen LogP contribution in [-0.2, 0) is 4.79 Å². The summed E-state index contributed by atoms with van der Waals surface area (Å²) in [6, 6.07) is 3.75. The minimum atomic E-state index is -0.0236. The fourth-order valence-corrected chi connectivity index (χ4v) is 2.14. The van der Waals surface area contributed by atoms with E-state index in [-0.39, 0.29) is 24.4 Å². The highest BCUT2D eigenvalue weighted by atomic mass is 35.5. The monoisotopic (exact) mass is 268 g/mol. The third-order valence-corrected chi connectivity index (χ3v) is 3.18. The molecule has 0 saturated heterocycles. The lowest BCUT2D eigenvalue weighted by Gasteiger charge is -2.11. The number of amides is 1. The zero-order valence-electron chi connectivity index (χ0n) is 8.33. The first-order valence-corrected chi connectivity index (χ1v) is 5.57. The van der Waals surface area contributed by atoms with Crippen LogP contribution in [0, 0.1) is 0 Å². The number of rotatable bonds is 4. The Bertz CT molecular complexity index is 317. The lowest BCUT2D eigenvalue weighted by Crippen LogP contribution is -2.27. The third-order valence-electron chi connectivity index (χ3n) is 1.77. The van der Waals surface area contributed by atoms with Gasteiger partial charge in [-0.3, -0.25) is 4.79 Å². The molecule has 0 aliphatic rings. The van der Waals surface area contributed by atoms with Crippen LogP contribution in [0.3, 0.4) is 0 Å². The molecule has 0 aromatic carbocycles. The van der Waals surface area contributed by atoms with Crippen LogP contribution in [0.1, 0.15) is 24.3 Å². The SMILES string of the molecule is CC(NC(=O)CCN)c1ccc(Cl)s1.Cl. The fourth-order valence-electron chi connectivity index (χ4n) is 1.08. The van der Waals surface area contributed by atoms with Crippen LogP contribution in [0.5, 0.6) is 0 Å². The molecule has 6 heteroatoms. The van der Waals surface area contributed by atoms with Crippen LogP contribution < -0.4 is 11.1 Å². The molecule has 1 aromatic heterocycles. The molecule has 0 aliphatic heterocycles. The maximum absolute atomic E-state index is 11.2. The zero-order chi connectivity index (χ0) is 10.6. The number of nitrogens with two attached hydrogens (primary N) is 1. The first-order valence-electron chi connectivity index (χ1n) is 4.38. The second-order valence-electron chi connectivity index (χ2n) is 2.97. The van der Waals surface area contributed by atoms with E-state index in [1.165, 1.54) is 11.3 Å². The van der Waals surface area contributed by atoms with Crippen molar-refractivity contribution in [3.8, 4) is 0 Å². The summed E-state index contributed by atoms with van der Waals surface area (Å²) in [6.07, 6.45) is 0.365. The first kappa shape index (κ1) is 14.7. The predicted octanol–water partition coefficient (Wildman–Crippen LogP) is 2.35. The molecule has 1 aromatic rings. The Labute approximate surface area is 104 Å². The van der Waals surface area contributed by atoms with E-state index in [0.29, 0.717) is 13.0 Å². The second-order valence-corrected chi connectivity index (χ2v) is 4.72. The van der Waals surface area contributed by atoms with Gasteiger partial charge >= 0.3 is 0 Å². The smallest absolute Gasteiger partial charge is 0.221 e. The van der Waals surface area contributed by atoms with Gasteiger partial charge in [0.2, 0.25) is 5.91 Å². The van der Waals surface area contributed by atoms with Crippen molar-refractivity contribution in [1.29, 1.82) is 0 Å². The third kappa shape index (κ3) is 4.84. The van der Waals surface area contributed by atoms with Crippen LogP contribution in [0.4, 0.5) is 0 Å². The number of hydrogen-bond acceptors (Lipinski definition) is 3. The molecule has 86 valence electrons. The van der Waals surface area contributed by atoms with Crippen molar-refractivity contribution in [3.05, 3.63) is 21.3 Å². The van der Waals surface area contributed by atoms with Crippen molar-refractivity contribution < 1.29 is 4.79 Å². The summed E-state index contributed by atoms with van der Waals surface area (Å²) in [7, 11) is 0. The van der Waals surface area contributed by atoms with Gasteiger partial charge < -0.3 is 11.1 Å². The molecule has 0 fully saturated rings. The van der Waals surface area contributed by atoms with Crippen LogP contribution in [0.15, 0.2) is 12.1 Å². The van der Waals surface area contributed by atoms with Gasteiger partial charge in [-0.05, 0) is 19.1 Å². The maximum Gasteiger partial charge on any atom is 0.221 e. The summed E-state index contributed by atoms with van der Waals surface area (Å²) in [5, 5.41) is 2.84. The van der Waals surface area contributed by atoms with Gasteiger partial charge in [0.25, 0.3) is 0 Å². The molecule has 0 aliphatic carbocycles. The molecule has 3 nitrogen and oxygen atoms in total. The molecule has 1 amide bonds. The summed E-state index contributed by atoms with van der Waals surface area (Å²) in [5.41, 5.74) is 5.27. The molecular weight excluding hydrogens is 255 g/mol. The Balaban J connectivity index is 0.00000196. The number of nitrogens with one attached hydrogen (secondary N) is 1. The predicted molar refractivity (Wildman–Crippen MR) is 66.8 cm³/mol. The van der Waals surface area contributed by atoms with Gasteiger partial charge in [-0.15, -0.1) is 23.7 Å². The van der Waals surface area contributed by atoms with E-state index >= 15 is 0 Å². The molecule has 1 unspecified atom stereocenters. The average molecular weight is 269 g/mol. The average Bonchev–Trinajstić information content (AvgIpc) is 2.52. The number of carbonyl (C=O) groups is 1. The van der Waals surface area contributed by atoms with Gasteiger partial charge in [0, 0.05) is 17.8 Å². The summed E-state index contributed by atoms with van der Waals surface area (Å²) in [5.74, 6) is -0.0236. The molecule has 1 rings (SSSR count). The number of hydrogen-bond donors (Lipinski definition) is 2. The van der Waals surface area contributed by atoms with Crippen LogP contribution in [0.2, 0.25) is 4.34 Å². The van der Waals surface area contributed by atoms with Gasteiger partial charge in [-0.25, -0.2) is 0 Å². The van der Waals surface area contributed by atoms with Crippen LogP contribution in [-0.4, -0.2) is 12.5 Å². The lowest BCUT2D eigenvalue weighted by atomic mass is 10.2. The largest absolute Gasteiger partial charge is 0.349 e. The van der Waals surface area contributed by atoms with Gasteiger partial charge in [-0.1, -0.05) is 11.6 Å². The van der Waals surface area contributed by atoms with E-state index < -0.39 is 0 Å². The minimum Gasteiger partial charge on any atom is -0.349 e. The van der Waals surface area contributed by atoms with E-state index in [9.17, 15) is 4.79 Å². The minimum absolute atomic E-state index is 0. The molecule has 0 bridgehead atoms. The Morgan fingerprint density at radius 1 is 1.67 bits per heavy atom. The zero-order valence-corrected chi connectivity index (χ0v) is 10.7. The quantitative estimate of drug-likeness (QED) is 0.881. The fraction of sp³-hybridized carbons (Fsp3) is 0.444. The van der Waals surface area contributed by atoms with Gasteiger partial charge in [-0.2, -0.15) is 0 Å². The number of halogens is 2. The maximum atomic E-state index is 11.2. The molecule has 3 N–H and O–H groups in total. The van der Waals surface area contributed by atoms with Crippen LogP contribution in [0.25, 0.3) is 0 Å². The highest BCUT2D eigenvalue weighted by molar-refractivity contribution is 7.16. The highest BCUT2D eigenvalue weighted by Crippen LogP contribution is 2.26. The first-order chi connectivity index (χ1) is 6.63. The Morgan fingerprint density at radius 2 is 2.33 bits per heavy atom. The molecule has 1 atom stereocenters. The van der Waals surface area contributed by atoms with Crippen LogP contribution >= 0.6 is 35.3 Å². The van der Waals surface area contributed by atoms with Gasteiger partial charge in [0.05, 0.1) is 10.4 Å². The molecule has 0 radical (unpaired) electrons. The van der Waals surface area contributed by atoms with Crippen molar-refractivity contribution in [2.45, 2.75) is 19.4 Å². The van der Waals surface area contributed by atoms with E-state index in [4.69, 9.17) is 17.3 Å². The van der Waals surface area contributed by atoms with Crippen molar-refractivity contribution in [2.24, 2.45) is 5.73 Å². The molecule has 0 spiro atoms. The molecule has 1 heterocycles. The summed E-state index contributed by atoms with van der Waals surface area (Å²) >= 11 is 7.26. The summed E-state index contributed by atoms with van der Waals surface area (Å²) in [6.45, 7) is 2.31. The Hall–Kier alpha value is -0.290. The number of thiophene rings is 1. The van der Waals surface area contributed by atoms with E-state index in [0.717, 1.165) is 9.21 Å². The molecule has 15 heavy (non-hydrogen) atoms. The van der Waals surface area contributed by atoms with Crippen molar-refractivity contribution in [3.63, 3.8) is 0 Å². The normalized spacial score (nSPS) is 11.7. The lowest BCUT2D eigenvalue weighted by molar-refractivity contribution is -0.121.